The lowest BCUT2D eigenvalue weighted by Crippen LogP contribution is -2.15. The van der Waals surface area contributed by atoms with E-state index in [1.54, 1.807) is 17.1 Å². The summed E-state index contributed by atoms with van der Waals surface area (Å²) >= 11 is 5.62. The Balaban J connectivity index is 2.28. The van der Waals surface area contributed by atoms with Crippen LogP contribution in [0.25, 0.3) is 0 Å². The van der Waals surface area contributed by atoms with E-state index in [4.69, 9.17) is 11.6 Å². The molecule has 1 N–H and O–H groups in total. The molecular formula is C9H9ClN4O. The van der Waals surface area contributed by atoms with E-state index in [0.717, 1.165) is 0 Å². The zero-order chi connectivity index (χ0) is 10.7. The minimum Gasteiger partial charge on any atom is -0.309 e. The maximum atomic E-state index is 11.2. The third kappa shape index (κ3) is 2.44. The number of hydrogen-bond donors (Lipinski definition) is 1. The molecular weight excluding hydrogens is 216 g/mol. The minimum absolute atomic E-state index is 0.192. The summed E-state index contributed by atoms with van der Waals surface area (Å²) in [6.45, 7) is 0.437. The summed E-state index contributed by atoms with van der Waals surface area (Å²) in [5.74, 6) is 0.789. The molecule has 0 saturated heterocycles. The van der Waals surface area contributed by atoms with Gasteiger partial charge in [0.2, 0.25) is 0 Å². The lowest BCUT2D eigenvalue weighted by molar-refractivity contribution is 0.649. The van der Waals surface area contributed by atoms with Crippen LogP contribution in [-0.2, 0) is 12.4 Å². The SMILES string of the molecule is O=c1cc(CCl)nc(Cn2cccn2)[nH]1. The van der Waals surface area contributed by atoms with E-state index in [1.165, 1.54) is 6.07 Å². The van der Waals surface area contributed by atoms with Crippen molar-refractivity contribution in [2.75, 3.05) is 0 Å². The van der Waals surface area contributed by atoms with E-state index in [-0.39, 0.29) is 11.4 Å². The Morgan fingerprint density at radius 3 is 3.07 bits per heavy atom. The second kappa shape index (κ2) is 4.27. The van der Waals surface area contributed by atoms with Gasteiger partial charge in [-0.1, -0.05) is 0 Å². The van der Waals surface area contributed by atoms with E-state index in [1.807, 2.05) is 6.07 Å². The van der Waals surface area contributed by atoms with Gasteiger partial charge >= 0.3 is 0 Å². The Morgan fingerprint density at radius 1 is 1.53 bits per heavy atom. The summed E-state index contributed by atoms with van der Waals surface area (Å²) < 4.78 is 1.68. The summed E-state index contributed by atoms with van der Waals surface area (Å²) in [6.07, 6.45) is 3.47. The van der Waals surface area contributed by atoms with E-state index in [9.17, 15) is 4.79 Å². The molecule has 0 aliphatic heterocycles. The molecule has 0 bridgehead atoms. The first kappa shape index (κ1) is 9.92. The van der Waals surface area contributed by atoms with Crippen molar-refractivity contribution in [3.8, 4) is 0 Å². The fourth-order valence-electron chi connectivity index (χ4n) is 1.25. The van der Waals surface area contributed by atoms with E-state index in [2.05, 4.69) is 15.1 Å². The quantitative estimate of drug-likeness (QED) is 0.783. The van der Waals surface area contributed by atoms with Crippen molar-refractivity contribution in [1.29, 1.82) is 0 Å². The highest BCUT2D eigenvalue weighted by molar-refractivity contribution is 6.16. The number of halogens is 1. The van der Waals surface area contributed by atoms with Crippen molar-refractivity contribution >= 4 is 11.6 Å². The van der Waals surface area contributed by atoms with Crippen LogP contribution in [0, 0.1) is 0 Å². The lowest BCUT2D eigenvalue weighted by Gasteiger charge is -2.02. The van der Waals surface area contributed by atoms with Gasteiger partial charge in [-0.25, -0.2) is 4.98 Å². The average molecular weight is 225 g/mol. The molecule has 15 heavy (non-hydrogen) atoms. The fraction of sp³-hybridized carbons (Fsp3) is 0.222. The second-order valence-corrected chi connectivity index (χ2v) is 3.29. The number of hydrogen-bond acceptors (Lipinski definition) is 3. The van der Waals surface area contributed by atoms with Gasteiger partial charge in [0.1, 0.15) is 5.82 Å². The third-order valence-corrected chi connectivity index (χ3v) is 2.13. The van der Waals surface area contributed by atoms with Gasteiger partial charge in [0, 0.05) is 18.5 Å². The first-order valence-electron chi connectivity index (χ1n) is 4.40. The summed E-state index contributed by atoms with van der Waals surface area (Å²) in [4.78, 5) is 18.0. The number of nitrogens with one attached hydrogen (secondary N) is 1. The smallest absolute Gasteiger partial charge is 0.251 e. The Morgan fingerprint density at radius 2 is 2.40 bits per heavy atom. The first-order valence-corrected chi connectivity index (χ1v) is 4.94. The van der Waals surface area contributed by atoms with E-state index in [0.29, 0.717) is 18.1 Å². The molecule has 0 unspecified atom stereocenters. The number of H-pyrrole nitrogens is 1. The van der Waals surface area contributed by atoms with Crippen LogP contribution in [0.5, 0.6) is 0 Å². The highest BCUT2D eigenvalue weighted by Crippen LogP contribution is 1.98. The van der Waals surface area contributed by atoms with Crippen molar-refractivity contribution in [3.63, 3.8) is 0 Å². The molecule has 0 aromatic carbocycles. The fourth-order valence-corrected chi connectivity index (χ4v) is 1.39. The second-order valence-electron chi connectivity index (χ2n) is 3.02. The molecule has 0 aliphatic rings. The third-order valence-electron chi connectivity index (χ3n) is 1.85. The topological polar surface area (TPSA) is 63.6 Å². The molecule has 5 nitrogen and oxygen atoms in total. The summed E-state index contributed by atoms with van der Waals surface area (Å²) in [7, 11) is 0. The highest BCUT2D eigenvalue weighted by atomic mass is 35.5. The summed E-state index contributed by atoms with van der Waals surface area (Å²) in [6, 6.07) is 3.20. The van der Waals surface area contributed by atoms with Crippen molar-refractivity contribution in [1.82, 2.24) is 19.7 Å². The molecule has 6 heteroatoms. The van der Waals surface area contributed by atoms with Crippen molar-refractivity contribution < 1.29 is 0 Å². The minimum atomic E-state index is -0.192. The number of aromatic nitrogens is 4. The normalized spacial score (nSPS) is 10.5. The van der Waals surface area contributed by atoms with Gasteiger partial charge in [0.15, 0.2) is 0 Å². The van der Waals surface area contributed by atoms with Crippen LogP contribution >= 0.6 is 11.6 Å². The number of nitrogens with zero attached hydrogens (tertiary/aromatic N) is 3. The average Bonchev–Trinajstić information content (AvgIpc) is 2.69. The summed E-state index contributed by atoms with van der Waals surface area (Å²) in [5.41, 5.74) is 0.380. The van der Waals surface area contributed by atoms with Gasteiger partial charge in [-0.3, -0.25) is 9.48 Å². The molecule has 78 valence electrons. The van der Waals surface area contributed by atoms with Crippen LogP contribution in [0.3, 0.4) is 0 Å². The van der Waals surface area contributed by atoms with E-state index < -0.39 is 0 Å². The molecule has 0 saturated carbocycles. The van der Waals surface area contributed by atoms with Gasteiger partial charge in [0.05, 0.1) is 18.1 Å². The van der Waals surface area contributed by atoms with Gasteiger partial charge in [0.25, 0.3) is 5.56 Å². The Bertz CT molecular complexity index is 491. The van der Waals surface area contributed by atoms with Crippen molar-refractivity contribution in [2.24, 2.45) is 0 Å². The molecule has 0 fully saturated rings. The molecule has 0 atom stereocenters. The van der Waals surface area contributed by atoms with Gasteiger partial charge in [-0.05, 0) is 6.07 Å². The Kier molecular flexibility index (Phi) is 2.82. The van der Waals surface area contributed by atoms with Gasteiger partial charge in [-0.2, -0.15) is 5.10 Å². The van der Waals surface area contributed by atoms with Crippen molar-refractivity contribution in [2.45, 2.75) is 12.4 Å². The van der Waals surface area contributed by atoms with Crippen molar-refractivity contribution in [3.05, 3.63) is 46.4 Å². The van der Waals surface area contributed by atoms with Crippen LogP contribution in [0.15, 0.2) is 29.3 Å². The largest absolute Gasteiger partial charge is 0.309 e. The van der Waals surface area contributed by atoms with Gasteiger partial charge in [-0.15, -0.1) is 11.6 Å². The molecule has 0 radical (unpaired) electrons. The van der Waals surface area contributed by atoms with Crippen LogP contribution in [0.1, 0.15) is 11.5 Å². The van der Waals surface area contributed by atoms with Crippen LogP contribution in [0.4, 0.5) is 0 Å². The maximum Gasteiger partial charge on any atom is 0.251 e. The van der Waals surface area contributed by atoms with Crippen LogP contribution in [-0.4, -0.2) is 19.7 Å². The number of alkyl halides is 1. The van der Waals surface area contributed by atoms with Crippen LogP contribution in [0.2, 0.25) is 0 Å². The lowest BCUT2D eigenvalue weighted by atomic mass is 10.4. The molecule has 2 aromatic heterocycles. The molecule has 0 amide bonds. The molecule has 0 spiro atoms. The monoisotopic (exact) mass is 224 g/mol. The number of aromatic amines is 1. The highest BCUT2D eigenvalue weighted by Gasteiger charge is 2.01. The summed E-state index contributed by atoms with van der Waals surface area (Å²) in [5, 5.41) is 4.02. The zero-order valence-electron chi connectivity index (χ0n) is 7.85. The molecule has 2 aromatic rings. The van der Waals surface area contributed by atoms with Gasteiger partial charge < -0.3 is 4.98 Å². The standard InChI is InChI=1S/C9H9ClN4O/c10-5-7-4-9(15)13-8(12-7)6-14-3-1-2-11-14/h1-4H,5-6H2,(H,12,13,15). The Hall–Kier alpha value is -1.62. The zero-order valence-corrected chi connectivity index (χ0v) is 8.61. The first-order chi connectivity index (χ1) is 7.28. The molecule has 0 aliphatic carbocycles. The predicted molar refractivity (Wildman–Crippen MR) is 55.7 cm³/mol. The number of rotatable bonds is 3. The molecule has 2 heterocycles. The van der Waals surface area contributed by atoms with Crippen LogP contribution < -0.4 is 5.56 Å². The Labute approximate surface area is 90.7 Å². The maximum absolute atomic E-state index is 11.2. The van der Waals surface area contributed by atoms with E-state index >= 15 is 0 Å². The predicted octanol–water partition coefficient (Wildman–Crippen LogP) is 0.753. The molecule has 2 rings (SSSR count).